The Balaban J connectivity index is 1.78. The van der Waals surface area contributed by atoms with Gasteiger partial charge in [0.25, 0.3) is 0 Å². The average Bonchev–Trinajstić information content (AvgIpc) is 3.10. The maximum atomic E-state index is 11.9. The smallest absolute Gasteiger partial charge is 0.320 e. The number of hydrogen-bond donors (Lipinski definition) is 0. The highest BCUT2D eigenvalue weighted by molar-refractivity contribution is 7.13. The molecule has 0 N–H and O–H groups in total. The molecule has 2 heterocycles. The number of amides is 2. The van der Waals surface area contributed by atoms with Crippen LogP contribution in [0, 0.1) is 0 Å². The number of thiazole rings is 1. The lowest BCUT2D eigenvalue weighted by Crippen LogP contribution is -2.28. The molecule has 0 saturated carbocycles. The number of urea groups is 1. The molecule has 110 valence electrons. The van der Waals surface area contributed by atoms with Crippen LogP contribution >= 0.6 is 22.9 Å². The van der Waals surface area contributed by atoms with Gasteiger partial charge in [-0.05, 0) is 11.6 Å². The minimum atomic E-state index is 0.0964. The second-order valence-corrected chi connectivity index (χ2v) is 6.23. The molecule has 0 spiro atoms. The van der Waals surface area contributed by atoms with E-state index in [1.54, 1.807) is 16.2 Å². The number of hydrogen-bond acceptors (Lipinski definition) is 3. The number of likely N-dealkylation sites (N-methyl/N-ethyl adjacent to an activating group) is 1. The van der Waals surface area contributed by atoms with E-state index in [1.165, 1.54) is 0 Å². The SMILES string of the molecule is CN1CCN(Cc2cccc(-c3nc(CCl)cs3)c2)C1=O. The summed E-state index contributed by atoms with van der Waals surface area (Å²) in [6, 6.07) is 8.29. The first-order valence-electron chi connectivity index (χ1n) is 6.77. The van der Waals surface area contributed by atoms with Crippen molar-refractivity contribution in [3.8, 4) is 10.6 Å². The summed E-state index contributed by atoms with van der Waals surface area (Å²) >= 11 is 7.39. The van der Waals surface area contributed by atoms with Gasteiger partial charge in [0, 0.05) is 37.6 Å². The lowest BCUT2D eigenvalue weighted by molar-refractivity contribution is 0.197. The third kappa shape index (κ3) is 3.04. The fraction of sp³-hybridized carbons (Fsp3) is 0.333. The number of carbonyl (C=O) groups excluding carboxylic acids is 1. The zero-order valence-corrected chi connectivity index (χ0v) is 13.3. The van der Waals surface area contributed by atoms with Gasteiger partial charge >= 0.3 is 6.03 Å². The second-order valence-electron chi connectivity index (χ2n) is 5.10. The van der Waals surface area contributed by atoms with E-state index in [-0.39, 0.29) is 6.03 Å². The van der Waals surface area contributed by atoms with Crippen molar-refractivity contribution >= 4 is 29.0 Å². The van der Waals surface area contributed by atoms with Crippen LogP contribution in [0.1, 0.15) is 11.3 Å². The molecule has 1 aliphatic heterocycles. The molecule has 0 aliphatic carbocycles. The number of benzene rings is 1. The van der Waals surface area contributed by atoms with Crippen LogP contribution in [0.15, 0.2) is 29.6 Å². The van der Waals surface area contributed by atoms with Crippen molar-refractivity contribution in [2.75, 3.05) is 20.1 Å². The Bertz CT molecular complexity index is 658. The molecule has 0 atom stereocenters. The molecule has 1 fully saturated rings. The molecule has 1 aromatic heterocycles. The van der Waals surface area contributed by atoms with E-state index in [2.05, 4.69) is 11.1 Å². The van der Waals surface area contributed by atoms with Gasteiger partial charge in [0.1, 0.15) is 5.01 Å². The van der Waals surface area contributed by atoms with Gasteiger partial charge in [0.15, 0.2) is 0 Å². The normalized spacial score (nSPS) is 15.0. The van der Waals surface area contributed by atoms with Crippen LogP contribution in [-0.4, -0.2) is 41.0 Å². The topological polar surface area (TPSA) is 36.4 Å². The van der Waals surface area contributed by atoms with Gasteiger partial charge in [0.05, 0.1) is 11.6 Å². The quantitative estimate of drug-likeness (QED) is 0.809. The summed E-state index contributed by atoms with van der Waals surface area (Å²) in [5, 5.41) is 2.95. The monoisotopic (exact) mass is 321 g/mol. The van der Waals surface area contributed by atoms with E-state index in [9.17, 15) is 4.79 Å². The maximum absolute atomic E-state index is 11.9. The summed E-state index contributed by atoms with van der Waals surface area (Å²) in [5.41, 5.74) is 3.10. The first kappa shape index (κ1) is 14.4. The Hall–Kier alpha value is -1.59. The Labute approximate surface area is 133 Å². The summed E-state index contributed by atoms with van der Waals surface area (Å²) in [5.74, 6) is 0.435. The maximum Gasteiger partial charge on any atom is 0.320 e. The standard InChI is InChI=1S/C15H16ClN3OS/c1-18-5-6-19(15(18)20)9-11-3-2-4-12(7-11)14-17-13(8-16)10-21-14/h2-4,7,10H,5-6,8-9H2,1H3. The van der Waals surface area contributed by atoms with Crippen LogP contribution in [0.5, 0.6) is 0 Å². The molecule has 0 radical (unpaired) electrons. The van der Waals surface area contributed by atoms with E-state index in [0.717, 1.165) is 34.9 Å². The molecule has 0 bridgehead atoms. The zero-order chi connectivity index (χ0) is 14.8. The molecule has 2 aromatic rings. The summed E-state index contributed by atoms with van der Waals surface area (Å²) in [7, 11) is 1.84. The number of alkyl halides is 1. The van der Waals surface area contributed by atoms with Crippen LogP contribution in [0.3, 0.4) is 0 Å². The highest BCUT2D eigenvalue weighted by Crippen LogP contribution is 2.25. The van der Waals surface area contributed by atoms with Gasteiger partial charge in [-0.2, -0.15) is 0 Å². The predicted octanol–water partition coefficient (Wildman–Crippen LogP) is 3.42. The second kappa shape index (κ2) is 6.03. The Morgan fingerprint density at radius 3 is 2.90 bits per heavy atom. The van der Waals surface area contributed by atoms with Crippen molar-refractivity contribution < 1.29 is 4.79 Å². The van der Waals surface area contributed by atoms with Crippen LogP contribution in [0.25, 0.3) is 10.6 Å². The zero-order valence-electron chi connectivity index (χ0n) is 11.8. The van der Waals surface area contributed by atoms with E-state index >= 15 is 0 Å². The van der Waals surface area contributed by atoms with E-state index < -0.39 is 0 Å². The van der Waals surface area contributed by atoms with Crippen molar-refractivity contribution in [2.45, 2.75) is 12.4 Å². The summed E-state index contributed by atoms with van der Waals surface area (Å²) in [6.45, 7) is 2.22. The summed E-state index contributed by atoms with van der Waals surface area (Å²) in [6.07, 6.45) is 0. The van der Waals surface area contributed by atoms with Crippen LogP contribution in [0.2, 0.25) is 0 Å². The third-order valence-electron chi connectivity index (χ3n) is 3.54. The number of aromatic nitrogens is 1. The lowest BCUT2D eigenvalue weighted by atomic mass is 10.1. The average molecular weight is 322 g/mol. The Morgan fingerprint density at radius 2 is 2.24 bits per heavy atom. The van der Waals surface area contributed by atoms with Gasteiger partial charge in [-0.25, -0.2) is 9.78 Å². The molecule has 6 heteroatoms. The predicted molar refractivity (Wildman–Crippen MR) is 85.5 cm³/mol. The van der Waals surface area contributed by atoms with E-state index in [1.807, 2.05) is 35.5 Å². The first-order valence-corrected chi connectivity index (χ1v) is 8.18. The molecule has 2 amide bonds. The molecular formula is C15H16ClN3OS. The molecule has 4 nitrogen and oxygen atoms in total. The van der Waals surface area contributed by atoms with E-state index in [4.69, 9.17) is 11.6 Å². The number of halogens is 1. The van der Waals surface area contributed by atoms with Gasteiger partial charge < -0.3 is 9.80 Å². The lowest BCUT2D eigenvalue weighted by Gasteiger charge is -2.16. The van der Waals surface area contributed by atoms with Crippen molar-refractivity contribution in [3.05, 3.63) is 40.9 Å². The Kier molecular flexibility index (Phi) is 4.12. The fourth-order valence-electron chi connectivity index (χ4n) is 2.37. The van der Waals surface area contributed by atoms with Crippen molar-refractivity contribution in [1.29, 1.82) is 0 Å². The molecule has 21 heavy (non-hydrogen) atoms. The molecule has 1 aromatic carbocycles. The van der Waals surface area contributed by atoms with Crippen LogP contribution < -0.4 is 0 Å². The molecule has 0 unspecified atom stereocenters. The Morgan fingerprint density at radius 1 is 1.38 bits per heavy atom. The summed E-state index contributed by atoms with van der Waals surface area (Å²) in [4.78, 5) is 20.0. The number of rotatable bonds is 4. The van der Waals surface area contributed by atoms with Gasteiger partial charge in [-0.15, -0.1) is 22.9 Å². The highest BCUT2D eigenvalue weighted by Gasteiger charge is 2.25. The third-order valence-corrected chi connectivity index (χ3v) is 4.75. The fourth-order valence-corrected chi connectivity index (χ4v) is 3.42. The summed E-state index contributed by atoms with van der Waals surface area (Å²) < 4.78 is 0. The van der Waals surface area contributed by atoms with Gasteiger partial charge in [-0.1, -0.05) is 18.2 Å². The van der Waals surface area contributed by atoms with Gasteiger partial charge in [0.2, 0.25) is 0 Å². The van der Waals surface area contributed by atoms with Crippen molar-refractivity contribution in [2.24, 2.45) is 0 Å². The molecule has 3 rings (SSSR count). The minimum absolute atomic E-state index is 0.0964. The molecule has 1 aliphatic rings. The van der Waals surface area contributed by atoms with Crippen molar-refractivity contribution in [1.82, 2.24) is 14.8 Å². The first-order chi connectivity index (χ1) is 10.2. The highest BCUT2D eigenvalue weighted by atomic mass is 35.5. The molecular weight excluding hydrogens is 306 g/mol. The van der Waals surface area contributed by atoms with Crippen LogP contribution in [0.4, 0.5) is 4.79 Å². The minimum Gasteiger partial charge on any atom is -0.326 e. The number of nitrogens with zero attached hydrogens (tertiary/aromatic N) is 3. The largest absolute Gasteiger partial charge is 0.326 e. The van der Waals surface area contributed by atoms with Crippen LogP contribution in [-0.2, 0) is 12.4 Å². The van der Waals surface area contributed by atoms with E-state index in [0.29, 0.717) is 12.4 Å². The number of carbonyl (C=O) groups is 1. The molecule has 1 saturated heterocycles. The van der Waals surface area contributed by atoms with Gasteiger partial charge in [-0.3, -0.25) is 0 Å². The van der Waals surface area contributed by atoms with Crippen molar-refractivity contribution in [3.63, 3.8) is 0 Å².